The number of halogens is 1. The summed E-state index contributed by atoms with van der Waals surface area (Å²) in [4.78, 5) is 12.3. The van der Waals surface area contributed by atoms with Crippen molar-refractivity contribution in [1.82, 2.24) is 15.4 Å². The van der Waals surface area contributed by atoms with E-state index < -0.39 is 5.91 Å². The summed E-state index contributed by atoms with van der Waals surface area (Å²) in [5.41, 5.74) is 1.19. The van der Waals surface area contributed by atoms with Crippen LogP contribution in [0.1, 0.15) is 10.6 Å². The number of carbonyl (C=O) groups is 1. The molecule has 0 aliphatic carbocycles. The first-order valence-corrected chi connectivity index (χ1v) is 7.77. The second-order valence-corrected chi connectivity index (χ2v) is 5.88. The number of carbonyl (C=O) groups excluding carboxylic acids is 1. The van der Waals surface area contributed by atoms with E-state index in [1.165, 1.54) is 12.1 Å². The Hall–Kier alpha value is -3.13. The van der Waals surface area contributed by atoms with Gasteiger partial charge in [0.25, 0.3) is 5.91 Å². The summed E-state index contributed by atoms with van der Waals surface area (Å²) in [5, 5.41) is 15.7. The van der Waals surface area contributed by atoms with Crippen LogP contribution in [0.2, 0.25) is 0 Å². The van der Waals surface area contributed by atoms with E-state index in [1.54, 1.807) is 30.3 Å². The van der Waals surface area contributed by atoms with Crippen LogP contribution >= 0.6 is 11.3 Å². The fourth-order valence-corrected chi connectivity index (χ4v) is 2.95. The van der Waals surface area contributed by atoms with Gasteiger partial charge in [0, 0.05) is 5.56 Å². The Bertz CT molecular complexity index is 1040. The quantitative estimate of drug-likeness (QED) is 0.614. The van der Waals surface area contributed by atoms with Crippen LogP contribution in [-0.2, 0) is 0 Å². The molecule has 118 valence electrons. The van der Waals surface area contributed by atoms with Gasteiger partial charge in [0.2, 0.25) is 10.9 Å². The highest BCUT2D eigenvalue weighted by atomic mass is 32.1. The third-order valence-electron chi connectivity index (χ3n) is 3.31. The average molecular weight is 340 g/mol. The number of nitrogens with zero attached hydrogens (tertiary/aromatic N) is 3. The van der Waals surface area contributed by atoms with Crippen molar-refractivity contribution in [3.63, 3.8) is 0 Å². The van der Waals surface area contributed by atoms with Gasteiger partial charge in [-0.1, -0.05) is 40.8 Å². The lowest BCUT2D eigenvalue weighted by molar-refractivity contribution is 0.0990. The number of hydrogen-bond acceptors (Lipinski definition) is 6. The number of benzene rings is 2. The highest BCUT2D eigenvalue weighted by molar-refractivity contribution is 7.18. The number of rotatable bonds is 3. The van der Waals surface area contributed by atoms with Crippen molar-refractivity contribution in [1.29, 1.82) is 0 Å². The van der Waals surface area contributed by atoms with Gasteiger partial charge in [-0.15, -0.1) is 10.2 Å². The Morgan fingerprint density at radius 3 is 2.88 bits per heavy atom. The molecule has 4 rings (SSSR count). The lowest BCUT2D eigenvalue weighted by Gasteiger charge is -1.97. The molecule has 0 spiro atoms. The van der Waals surface area contributed by atoms with Crippen molar-refractivity contribution in [2.75, 3.05) is 5.32 Å². The number of hydrogen-bond donors (Lipinski definition) is 1. The van der Waals surface area contributed by atoms with Crippen molar-refractivity contribution in [2.24, 2.45) is 0 Å². The Balaban J connectivity index is 1.59. The predicted molar refractivity (Wildman–Crippen MR) is 87.3 cm³/mol. The molecular formula is C16H9FN4O2S. The van der Waals surface area contributed by atoms with Crippen LogP contribution in [0.3, 0.4) is 0 Å². The number of anilines is 1. The molecule has 4 aromatic rings. The first-order chi connectivity index (χ1) is 11.7. The molecule has 0 saturated carbocycles. The lowest BCUT2D eigenvalue weighted by Crippen LogP contribution is -2.11. The number of fused-ring (bicyclic) bond motifs is 1. The Labute approximate surface area is 138 Å². The maximum Gasteiger partial charge on any atom is 0.296 e. The molecule has 0 radical (unpaired) electrons. The van der Waals surface area contributed by atoms with Gasteiger partial charge in [-0.25, -0.2) is 4.39 Å². The van der Waals surface area contributed by atoms with E-state index in [4.69, 9.17) is 4.52 Å². The zero-order valence-electron chi connectivity index (χ0n) is 12.1. The summed E-state index contributed by atoms with van der Waals surface area (Å²) in [6.45, 7) is 0. The molecule has 0 unspecified atom stereocenters. The van der Waals surface area contributed by atoms with Crippen LogP contribution in [0.5, 0.6) is 0 Å². The second-order valence-electron chi connectivity index (χ2n) is 4.91. The lowest BCUT2D eigenvalue weighted by atomic mass is 10.2. The van der Waals surface area contributed by atoms with E-state index in [0.717, 1.165) is 11.3 Å². The highest BCUT2D eigenvalue weighted by Crippen LogP contribution is 2.27. The van der Waals surface area contributed by atoms with Crippen molar-refractivity contribution >= 4 is 33.3 Å². The van der Waals surface area contributed by atoms with Gasteiger partial charge < -0.3 is 4.52 Å². The number of nitrogens with one attached hydrogen (secondary N) is 1. The minimum atomic E-state index is -0.467. The van der Waals surface area contributed by atoms with Crippen LogP contribution in [0.15, 0.2) is 53.1 Å². The van der Waals surface area contributed by atoms with Gasteiger partial charge in [0.1, 0.15) is 16.3 Å². The fourth-order valence-electron chi connectivity index (χ4n) is 2.22. The average Bonchev–Trinajstić information content (AvgIpc) is 3.21. The van der Waals surface area contributed by atoms with E-state index in [1.807, 2.05) is 6.07 Å². The van der Waals surface area contributed by atoms with Gasteiger partial charge in [-0.3, -0.25) is 10.1 Å². The van der Waals surface area contributed by atoms with Gasteiger partial charge in [0.15, 0.2) is 0 Å². The molecule has 24 heavy (non-hydrogen) atoms. The fraction of sp³-hybridized carbons (Fsp3) is 0. The summed E-state index contributed by atoms with van der Waals surface area (Å²) in [6.07, 6.45) is 0. The monoisotopic (exact) mass is 340 g/mol. The van der Waals surface area contributed by atoms with E-state index >= 15 is 0 Å². The summed E-state index contributed by atoms with van der Waals surface area (Å²) in [5.74, 6) is -0.722. The van der Waals surface area contributed by atoms with Crippen LogP contribution in [0.4, 0.5) is 9.52 Å². The van der Waals surface area contributed by atoms with E-state index in [-0.39, 0.29) is 11.6 Å². The van der Waals surface area contributed by atoms with Crippen LogP contribution in [0.25, 0.3) is 21.5 Å². The summed E-state index contributed by atoms with van der Waals surface area (Å²) >= 11 is 1.14. The Morgan fingerprint density at radius 2 is 2.00 bits per heavy atom. The third kappa shape index (κ3) is 2.63. The summed E-state index contributed by atoms with van der Waals surface area (Å²) in [7, 11) is 0. The van der Waals surface area contributed by atoms with Crippen LogP contribution < -0.4 is 5.32 Å². The summed E-state index contributed by atoms with van der Waals surface area (Å²) in [6, 6.07) is 13.1. The molecule has 0 fully saturated rings. The molecule has 2 aromatic heterocycles. The van der Waals surface area contributed by atoms with Crippen molar-refractivity contribution in [2.45, 2.75) is 0 Å². The van der Waals surface area contributed by atoms with Crippen molar-refractivity contribution in [3.8, 4) is 10.6 Å². The maximum absolute atomic E-state index is 13.3. The molecule has 2 heterocycles. The SMILES string of the molecule is O=C(Nc1nnc(-c2cccc(F)c2)s1)c1onc2ccccc12. The van der Waals surface area contributed by atoms with Gasteiger partial charge in [-0.2, -0.15) is 0 Å². The van der Waals surface area contributed by atoms with Crippen LogP contribution in [-0.4, -0.2) is 21.3 Å². The molecule has 0 bridgehead atoms. The first kappa shape index (κ1) is 14.5. The molecule has 6 nitrogen and oxygen atoms in total. The largest absolute Gasteiger partial charge is 0.350 e. The molecule has 2 aromatic carbocycles. The van der Waals surface area contributed by atoms with Gasteiger partial charge in [-0.05, 0) is 24.3 Å². The molecule has 8 heteroatoms. The normalized spacial score (nSPS) is 10.9. The highest BCUT2D eigenvalue weighted by Gasteiger charge is 2.18. The minimum absolute atomic E-state index is 0.105. The number of amides is 1. The van der Waals surface area contributed by atoms with Crippen LogP contribution in [0, 0.1) is 5.82 Å². The van der Waals surface area contributed by atoms with Crippen molar-refractivity contribution in [3.05, 3.63) is 60.1 Å². The molecule has 0 aliphatic heterocycles. The predicted octanol–water partition coefficient (Wildman–Crippen LogP) is 3.74. The minimum Gasteiger partial charge on any atom is -0.350 e. The molecule has 1 N–H and O–H groups in total. The van der Waals surface area contributed by atoms with Gasteiger partial charge >= 0.3 is 0 Å². The second kappa shape index (κ2) is 5.82. The molecule has 0 saturated heterocycles. The Kier molecular flexibility index (Phi) is 3.51. The zero-order valence-corrected chi connectivity index (χ0v) is 12.9. The molecular weight excluding hydrogens is 331 g/mol. The van der Waals surface area contributed by atoms with E-state index in [0.29, 0.717) is 26.6 Å². The third-order valence-corrected chi connectivity index (χ3v) is 4.19. The van der Waals surface area contributed by atoms with E-state index in [2.05, 4.69) is 20.7 Å². The topological polar surface area (TPSA) is 80.9 Å². The standard InChI is InChI=1S/C16H9FN4O2S/c17-10-5-3-4-9(8-10)15-19-20-16(24-15)18-14(22)13-11-6-1-2-7-12(11)21-23-13/h1-8H,(H,18,20,22). The zero-order chi connectivity index (χ0) is 16.5. The van der Waals surface area contributed by atoms with Gasteiger partial charge in [0.05, 0.1) is 5.39 Å². The first-order valence-electron chi connectivity index (χ1n) is 6.96. The smallest absolute Gasteiger partial charge is 0.296 e. The van der Waals surface area contributed by atoms with E-state index in [9.17, 15) is 9.18 Å². The Morgan fingerprint density at radius 1 is 1.12 bits per heavy atom. The summed E-state index contributed by atoms with van der Waals surface area (Å²) < 4.78 is 18.4. The molecule has 0 atom stereocenters. The molecule has 1 amide bonds. The maximum atomic E-state index is 13.3. The molecule has 0 aliphatic rings. The number of aromatic nitrogens is 3. The van der Waals surface area contributed by atoms with Crippen molar-refractivity contribution < 1.29 is 13.7 Å².